The van der Waals surface area contributed by atoms with E-state index in [1.807, 2.05) is 42.5 Å². The van der Waals surface area contributed by atoms with Crippen molar-refractivity contribution in [2.75, 3.05) is 6.54 Å². The third-order valence-electron chi connectivity index (χ3n) is 4.59. The van der Waals surface area contributed by atoms with Gasteiger partial charge in [-0.1, -0.05) is 42.5 Å². The van der Waals surface area contributed by atoms with Gasteiger partial charge in [-0.15, -0.1) is 0 Å². The van der Waals surface area contributed by atoms with Crippen LogP contribution >= 0.6 is 0 Å². The molecule has 1 N–H and O–H groups in total. The Kier molecular flexibility index (Phi) is 3.78. The fraction of sp³-hybridized carbons (Fsp3) is 0.412. The smallest absolute Gasteiger partial charge is 0.224 e. The van der Waals surface area contributed by atoms with Crippen LogP contribution in [-0.2, 0) is 16.0 Å². The van der Waals surface area contributed by atoms with Crippen LogP contribution in [0.2, 0.25) is 0 Å². The number of benzene rings is 1. The number of rotatable bonds is 5. The average molecular weight is 284 g/mol. The van der Waals surface area contributed by atoms with Crippen LogP contribution in [-0.4, -0.2) is 18.4 Å². The lowest BCUT2D eigenvalue weighted by molar-refractivity contribution is -0.313. The molecule has 4 atom stereocenters. The van der Waals surface area contributed by atoms with Crippen molar-refractivity contribution in [3.8, 4) is 0 Å². The van der Waals surface area contributed by atoms with Gasteiger partial charge in [-0.25, -0.2) is 0 Å². The fourth-order valence-corrected chi connectivity index (χ4v) is 3.59. The van der Waals surface area contributed by atoms with Crippen LogP contribution < -0.4 is 10.4 Å². The first-order chi connectivity index (χ1) is 10.2. The van der Waals surface area contributed by atoms with Crippen LogP contribution in [0, 0.1) is 23.7 Å². The minimum atomic E-state index is -1.10. The van der Waals surface area contributed by atoms with Gasteiger partial charge in [0.05, 0.1) is 5.92 Å². The summed E-state index contributed by atoms with van der Waals surface area (Å²) >= 11 is 0. The topological polar surface area (TPSA) is 69.2 Å². The minimum Gasteiger partial charge on any atom is -0.550 e. The number of allylic oxidation sites excluding steroid dienone is 2. The number of carboxylic acid groups (broad SMARTS) is 1. The summed E-state index contributed by atoms with van der Waals surface area (Å²) in [6.07, 6.45) is 5.40. The molecule has 4 nitrogen and oxygen atoms in total. The van der Waals surface area contributed by atoms with Gasteiger partial charge in [0.1, 0.15) is 0 Å². The zero-order valence-electron chi connectivity index (χ0n) is 11.7. The molecule has 2 aliphatic rings. The molecule has 4 heteroatoms. The van der Waals surface area contributed by atoms with Crippen LogP contribution in [0.4, 0.5) is 0 Å². The number of fused-ring (bicyclic) bond motifs is 2. The molecular weight excluding hydrogens is 266 g/mol. The third kappa shape index (κ3) is 2.71. The van der Waals surface area contributed by atoms with Gasteiger partial charge in [0.2, 0.25) is 5.91 Å². The molecule has 2 bridgehead atoms. The van der Waals surface area contributed by atoms with Gasteiger partial charge in [-0.3, -0.25) is 4.79 Å². The molecule has 0 aromatic heterocycles. The summed E-state index contributed by atoms with van der Waals surface area (Å²) in [4.78, 5) is 23.6. The summed E-state index contributed by atoms with van der Waals surface area (Å²) in [7, 11) is 0. The first kappa shape index (κ1) is 13.9. The molecule has 1 saturated carbocycles. The molecule has 0 aliphatic heterocycles. The maximum atomic E-state index is 12.3. The summed E-state index contributed by atoms with van der Waals surface area (Å²) in [5.41, 5.74) is 1.15. The second-order valence-corrected chi connectivity index (χ2v) is 5.85. The maximum Gasteiger partial charge on any atom is 0.224 e. The SMILES string of the molecule is O=C([O-])[C@@H]1[C@@H](C(=O)NCCc2ccccc2)[C@H]2C=C[C@H]1C2. The predicted molar refractivity (Wildman–Crippen MR) is 75.9 cm³/mol. The molecule has 2 aliphatic carbocycles. The van der Waals surface area contributed by atoms with E-state index in [0.717, 1.165) is 18.4 Å². The van der Waals surface area contributed by atoms with Crippen molar-refractivity contribution in [1.82, 2.24) is 5.32 Å². The van der Waals surface area contributed by atoms with Crippen LogP contribution in [0.3, 0.4) is 0 Å². The van der Waals surface area contributed by atoms with Crippen LogP contribution in [0.1, 0.15) is 12.0 Å². The molecule has 1 fully saturated rings. The number of hydrogen-bond acceptors (Lipinski definition) is 3. The molecule has 0 unspecified atom stereocenters. The molecular formula is C17H18NO3-. The predicted octanol–water partition coefficient (Wildman–Crippen LogP) is 0.534. The molecule has 0 saturated heterocycles. The highest BCUT2D eigenvalue weighted by molar-refractivity contribution is 5.86. The van der Waals surface area contributed by atoms with Crippen molar-refractivity contribution in [3.05, 3.63) is 48.0 Å². The van der Waals surface area contributed by atoms with E-state index >= 15 is 0 Å². The molecule has 0 spiro atoms. The molecule has 1 aromatic rings. The summed E-state index contributed by atoms with van der Waals surface area (Å²) in [6.45, 7) is 0.528. The molecule has 110 valence electrons. The highest BCUT2D eigenvalue weighted by atomic mass is 16.4. The van der Waals surface area contributed by atoms with Gasteiger partial charge in [-0.05, 0) is 30.2 Å². The van der Waals surface area contributed by atoms with Gasteiger partial charge < -0.3 is 15.2 Å². The molecule has 3 rings (SSSR count). The van der Waals surface area contributed by atoms with Gasteiger partial charge in [-0.2, -0.15) is 0 Å². The van der Waals surface area contributed by atoms with E-state index < -0.39 is 17.8 Å². The monoisotopic (exact) mass is 284 g/mol. The summed E-state index contributed by atoms with van der Waals surface area (Å²) in [5.74, 6) is -2.39. The molecule has 21 heavy (non-hydrogen) atoms. The Hall–Kier alpha value is -2.10. The lowest BCUT2D eigenvalue weighted by atomic mass is 9.82. The highest BCUT2D eigenvalue weighted by Crippen LogP contribution is 2.47. The number of carbonyl (C=O) groups excluding carboxylic acids is 2. The lowest BCUT2D eigenvalue weighted by Crippen LogP contribution is -2.45. The van der Waals surface area contributed by atoms with Crippen molar-refractivity contribution in [2.24, 2.45) is 23.7 Å². The van der Waals surface area contributed by atoms with E-state index in [1.54, 1.807) is 0 Å². The average Bonchev–Trinajstić information content (AvgIpc) is 3.08. The summed E-state index contributed by atoms with van der Waals surface area (Å²) < 4.78 is 0. The number of carboxylic acids is 1. The van der Waals surface area contributed by atoms with Crippen LogP contribution in [0.25, 0.3) is 0 Å². The number of amides is 1. The zero-order chi connectivity index (χ0) is 14.8. The minimum absolute atomic E-state index is 0.0372. The van der Waals surface area contributed by atoms with Crippen molar-refractivity contribution < 1.29 is 14.7 Å². The maximum absolute atomic E-state index is 12.3. The van der Waals surface area contributed by atoms with Crippen molar-refractivity contribution in [2.45, 2.75) is 12.8 Å². The molecule has 1 amide bonds. The summed E-state index contributed by atoms with van der Waals surface area (Å²) in [6, 6.07) is 9.90. The van der Waals surface area contributed by atoms with Crippen molar-refractivity contribution >= 4 is 11.9 Å². The highest BCUT2D eigenvalue weighted by Gasteiger charge is 2.48. The summed E-state index contributed by atoms with van der Waals surface area (Å²) in [5, 5.41) is 14.2. The van der Waals surface area contributed by atoms with Gasteiger partial charge in [0.25, 0.3) is 0 Å². The second kappa shape index (κ2) is 5.72. The standard InChI is InChI=1S/C17H19NO3/c19-16(18-9-8-11-4-2-1-3-5-11)14-12-6-7-13(10-12)15(14)17(20)21/h1-7,12-15H,8-10H2,(H,18,19)(H,20,21)/p-1/t12-,13-,14-,15-/m0/s1. The third-order valence-corrected chi connectivity index (χ3v) is 4.59. The quantitative estimate of drug-likeness (QED) is 0.802. The lowest BCUT2D eigenvalue weighted by Gasteiger charge is -2.27. The number of carbonyl (C=O) groups is 2. The Morgan fingerprint density at radius 1 is 1.10 bits per heavy atom. The first-order valence-corrected chi connectivity index (χ1v) is 7.37. The number of aliphatic carboxylic acids is 1. The van der Waals surface area contributed by atoms with Crippen LogP contribution in [0.5, 0.6) is 0 Å². The first-order valence-electron chi connectivity index (χ1n) is 7.37. The van der Waals surface area contributed by atoms with Gasteiger partial charge in [0.15, 0.2) is 0 Å². The number of hydrogen-bond donors (Lipinski definition) is 1. The zero-order valence-corrected chi connectivity index (χ0v) is 11.7. The van der Waals surface area contributed by atoms with Gasteiger partial charge >= 0.3 is 0 Å². The van der Waals surface area contributed by atoms with E-state index in [4.69, 9.17) is 0 Å². The van der Waals surface area contributed by atoms with Crippen molar-refractivity contribution in [1.29, 1.82) is 0 Å². The van der Waals surface area contributed by atoms with E-state index in [-0.39, 0.29) is 17.7 Å². The Labute approximate surface area is 123 Å². The largest absolute Gasteiger partial charge is 0.550 e. The molecule has 0 heterocycles. The normalized spacial score (nSPS) is 29.5. The van der Waals surface area contributed by atoms with E-state index in [2.05, 4.69) is 5.32 Å². The molecule has 1 aromatic carbocycles. The second-order valence-electron chi connectivity index (χ2n) is 5.85. The van der Waals surface area contributed by atoms with E-state index in [9.17, 15) is 14.7 Å². The molecule has 0 radical (unpaired) electrons. The Balaban J connectivity index is 1.58. The van der Waals surface area contributed by atoms with E-state index in [0.29, 0.717) is 6.54 Å². The number of nitrogens with one attached hydrogen (secondary N) is 1. The van der Waals surface area contributed by atoms with Crippen LogP contribution in [0.15, 0.2) is 42.5 Å². The van der Waals surface area contributed by atoms with Gasteiger partial charge in [0, 0.05) is 18.4 Å². The Morgan fingerprint density at radius 3 is 2.43 bits per heavy atom. The van der Waals surface area contributed by atoms with E-state index in [1.165, 1.54) is 0 Å². The fourth-order valence-electron chi connectivity index (χ4n) is 3.59. The van der Waals surface area contributed by atoms with Crippen molar-refractivity contribution in [3.63, 3.8) is 0 Å². The Bertz CT molecular complexity index is 567. The Morgan fingerprint density at radius 2 is 1.76 bits per heavy atom.